The molecular weight excluding hydrogens is 364 g/mol. The van der Waals surface area contributed by atoms with Crippen LogP contribution in [0.1, 0.15) is 37.9 Å². The zero-order valence-electron chi connectivity index (χ0n) is 16.5. The number of carbonyl (C=O) groups excluding carboxylic acids is 1. The highest BCUT2D eigenvalue weighted by Crippen LogP contribution is 2.22. The second-order valence-corrected chi connectivity index (χ2v) is 7.53. The molecule has 2 aromatic carbocycles. The molecule has 3 aromatic rings. The maximum atomic E-state index is 12.3. The molecule has 1 aliphatic rings. The highest BCUT2D eigenvalue weighted by atomic mass is 16.1. The second kappa shape index (κ2) is 8.90. The number of hydrogen-bond acceptors (Lipinski definition) is 4. The molecule has 1 amide bonds. The van der Waals surface area contributed by atoms with Gasteiger partial charge >= 0.3 is 0 Å². The Labute approximate surface area is 170 Å². The van der Waals surface area contributed by atoms with Crippen LogP contribution in [-0.4, -0.2) is 29.0 Å². The van der Waals surface area contributed by atoms with Crippen molar-refractivity contribution in [1.29, 1.82) is 0 Å². The van der Waals surface area contributed by atoms with Gasteiger partial charge in [-0.05, 0) is 62.1 Å². The van der Waals surface area contributed by atoms with Gasteiger partial charge in [0.2, 0.25) is 5.91 Å². The standard InChI is InChI=1S/C23H26N4O2/c28-22(24-17-11-13-18(14-12-17)27-15-4-1-5-16-27)10-6-9-21-25-20-8-3-2-7-19(20)23(29)26-21/h2-3,7-8,11-14H,1,4-6,9-10,15-16H2,(H,24,28)(H,25,26,29). The number of benzene rings is 2. The van der Waals surface area contributed by atoms with E-state index in [1.807, 2.05) is 30.3 Å². The van der Waals surface area contributed by atoms with Gasteiger partial charge in [-0.15, -0.1) is 0 Å². The quantitative estimate of drug-likeness (QED) is 0.670. The number of aromatic amines is 1. The van der Waals surface area contributed by atoms with Crippen molar-refractivity contribution in [2.75, 3.05) is 23.3 Å². The van der Waals surface area contributed by atoms with Gasteiger partial charge in [-0.3, -0.25) is 9.59 Å². The highest BCUT2D eigenvalue weighted by molar-refractivity contribution is 5.90. The summed E-state index contributed by atoms with van der Waals surface area (Å²) in [6, 6.07) is 15.3. The summed E-state index contributed by atoms with van der Waals surface area (Å²) in [5.74, 6) is 0.589. The minimum Gasteiger partial charge on any atom is -0.372 e. The number of piperidine rings is 1. The summed E-state index contributed by atoms with van der Waals surface area (Å²) >= 11 is 0. The Kier molecular flexibility index (Phi) is 5.89. The van der Waals surface area contributed by atoms with Crippen LogP contribution < -0.4 is 15.8 Å². The summed E-state index contributed by atoms with van der Waals surface area (Å²) < 4.78 is 0. The molecule has 0 atom stereocenters. The van der Waals surface area contributed by atoms with E-state index in [0.29, 0.717) is 36.0 Å². The molecule has 1 aromatic heterocycles. The number of para-hydroxylation sites is 1. The van der Waals surface area contributed by atoms with Gasteiger partial charge in [0.05, 0.1) is 10.9 Å². The van der Waals surface area contributed by atoms with Crippen LogP contribution in [0, 0.1) is 0 Å². The topological polar surface area (TPSA) is 78.1 Å². The first kappa shape index (κ1) is 19.2. The summed E-state index contributed by atoms with van der Waals surface area (Å²) in [7, 11) is 0. The molecule has 6 heteroatoms. The van der Waals surface area contributed by atoms with Gasteiger partial charge in [-0.1, -0.05) is 12.1 Å². The normalized spacial score (nSPS) is 14.1. The third kappa shape index (κ3) is 4.83. The monoisotopic (exact) mass is 390 g/mol. The zero-order chi connectivity index (χ0) is 20.1. The predicted octanol–water partition coefficient (Wildman–Crippen LogP) is 3.87. The smallest absolute Gasteiger partial charge is 0.258 e. The molecule has 0 unspecified atom stereocenters. The lowest BCUT2D eigenvalue weighted by Gasteiger charge is -2.28. The average Bonchev–Trinajstić information content (AvgIpc) is 2.75. The van der Waals surface area contributed by atoms with Crippen molar-refractivity contribution in [3.8, 4) is 0 Å². The second-order valence-electron chi connectivity index (χ2n) is 7.53. The fourth-order valence-corrected chi connectivity index (χ4v) is 3.80. The first-order valence-corrected chi connectivity index (χ1v) is 10.3. The van der Waals surface area contributed by atoms with E-state index in [2.05, 4.69) is 32.3 Å². The van der Waals surface area contributed by atoms with E-state index in [4.69, 9.17) is 0 Å². The number of carbonyl (C=O) groups is 1. The Hall–Kier alpha value is -3.15. The number of nitrogens with zero attached hydrogens (tertiary/aromatic N) is 2. The van der Waals surface area contributed by atoms with Gasteiger partial charge < -0.3 is 15.2 Å². The molecule has 150 valence electrons. The van der Waals surface area contributed by atoms with Gasteiger partial charge in [0.1, 0.15) is 5.82 Å². The van der Waals surface area contributed by atoms with Gasteiger partial charge in [0.25, 0.3) is 5.56 Å². The van der Waals surface area contributed by atoms with E-state index < -0.39 is 0 Å². The highest BCUT2D eigenvalue weighted by Gasteiger charge is 2.11. The van der Waals surface area contributed by atoms with E-state index in [-0.39, 0.29) is 11.5 Å². The molecule has 1 fully saturated rings. The van der Waals surface area contributed by atoms with Crippen LogP contribution in [0.5, 0.6) is 0 Å². The number of amides is 1. The predicted molar refractivity (Wildman–Crippen MR) is 116 cm³/mol. The van der Waals surface area contributed by atoms with Crippen LogP contribution in [0.2, 0.25) is 0 Å². The van der Waals surface area contributed by atoms with Crippen LogP contribution in [0.15, 0.2) is 53.3 Å². The molecule has 0 spiro atoms. The van der Waals surface area contributed by atoms with Gasteiger partial charge in [-0.25, -0.2) is 4.98 Å². The number of nitrogens with one attached hydrogen (secondary N) is 2. The third-order valence-electron chi connectivity index (χ3n) is 5.35. The lowest BCUT2D eigenvalue weighted by atomic mass is 10.1. The van der Waals surface area contributed by atoms with Crippen LogP contribution >= 0.6 is 0 Å². The van der Waals surface area contributed by atoms with Crippen LogP contribution in [0.4, 0.5) is 11.4 Å². The van der Waals surface area contributed by atoms with Crippen LogP contribution in [0.3, 0.4) is 0 Å². The van der Waals surface area contributed by atoms with Crippen molar-refractivity contribution in [2.24, 2.45) is 0 Å². The Bertz CT molecular complexity index is 1040. The first-order valence-electron chi connectivity index (χ1n) is 10.3. The maximum Gasteiger partial charge on any atom is 0.258 e. The number of anilines is 2. The molecule has 29 heavy (non-hydrogen) atoms. The van der Waals surface area contributed by atoms with Gasteiger partial charge in [0.15, 0.2) is 0 Å². The molecule has 4 rings (SSSR count). The number of rotatable bonds is 6. The third-order valence-corrected chi connectivity index (χ3v) is 5.35. The fourth-order valence-electron chi connectivity index (χ4n) is 3.80. The molecule has 0 bridgehead atoms. The van der Waals surface area contributed by atoms with E-state index in [9.17, 15) is 9.59 Å². The number of hydrogen-bond donors (Lipinski definition) is 2. The largest absolute Gasteiger partial charge is 0.372 e. The molecule has 0 saturated carbocycles. The van der Waals surface area contributed by atoms with Crippen molar-refractivity contribution in [1.82, 2.24) is 9.97 Å². The van der Waals surface area contributed by atoms with E-state index in [0.717, 1.165) is 18.8 Å². The lowest BCUT2D eigenvalue weighted by molar-refractivity contribution is -0.116. The molecule has 2 heterocycles. The number of fused-ring (bicyclic) bond motifs is 1. The summed E-state index contributed by atoms with van der Waals surface area (Å²) in [5.41, 5.74) is 2.58. The van der Waals surface area contributed by atoms with Crippen LogP contribution in [-0.2, 0) is 11.2 Å². The lowest BCUT2D eigenvalue weighted by Crippen LogP contribution is -2.29. The Morgan fingerprint density at radius 1 is 1.03 bits per heavy atom. The van der Waals surface area contributed by atoms with Crippen molar-refractivity contribution < 1.29 is 4.79 Å². The number of aryl methyl sites for hydroxylation is 1. The minimum absolute atomic E-state index is 0.0288. The summed E-state index contributed by atoms with van der Waals surface area (Å²) in [6.07, 6.45) is 5.36. The Morgan fingerprint density at radius 2 is 1.79 bits per heavy atom. The summed E-state index contributed by atoms with van der Waals surface area (Å²) in [6.45, 7) is 2.22. The molecule has 0 aliphatic carbocycles. The number of aromatic nitrogens is 2. The minimum atomic E-state index is -0.135. The van der Waals surface area contributed by atoms with Gasteiger partial charge in [-0.2, -0.15) is 0 Å². The molecular formula is C23H26N4O2. The van der Waals surface area contributed by atoms with Crippen molar-refractivity contribution in [3.05, 3.63) is 64.7 Å². The molecule has 1 aliphatic heterocycles. The maximum absolute atomic E-state index is 12.3. The molecule has 6 nitrogen and oxygen atoms in total. The SMILES string of the molecule is O=C(CCCc1nc2ccccc2c(=O)[nH]1)Nc1ccc(N2CCCCC2)cc1. The van der Waals surface area contributed by atoms with E-state index in [1.54, 1.807) is 6.07 Å². The summed E-state index contributed by atoms with van der Waals surface area (Å²) in [5, 5.41) is 3.53. The fraction of sp³-hybridized carbons (Fsp3) is 0.348. The van der Waals surface area contributed by atoms with Crippen molar-refractivity contribution in [2.45, 2.75) is 38.5 Å². The van der Waals surface area contributed by atoms with Crippen molar-refractivity contribution in [3.63, 3.8) is 0 Å². The molecule has 2 N–H and O–H groups in total. The first-order chi connectivity index (χ1) is 14.2. The summed E-state index contributed by atoms with van der Waals surface area (Å²) in [4.78, 5) is 34.0. The van der Waals surface area contributed by atoms with E-state index >= 15 is 0 Å². The average molecular weight is 390 g/mol. The molecule has 0 radical (unpaired) electrons. The van der Waals surface area contributed by atoms with Crippen LogP contribution in [0.25, 0.3) is 10.9 Å². The van der Waals surface area contributed by atoms with Crippen molar-refractivity contribution >= 4 is 28.2 Å². The number of H-pyrrole nitrogens is 1. The zero-order valence-corrected chi connectivity index (χ0v) is 16.5. The van der Waals surface area contributed by atoms with Gasteiger partial charge in [0, 0.05) is 37.3 Å². The molecule has 1 saturated heterocycles. The Morgan fingerprint density at radius 3 is 2.59 bits per heavy atom. The van der Waals surface area contributed by atoms with E-state index in [1.165, 1.54) is 24.9 Å². The Balaban J connectivity index is 1.28.